The zero-order valence-corrected chi connectivity index (χ0v) is 13.5. The third-order valence-corrected chi connectivity index (χ3v) is 4.28. The minimum absolute atomic E-state index is 0.101. The number of piperazine rings is 1. The molecule has 1 heterocycles. The van der Waals surface area contributed by atoms with E-state index >= 15 is 0 Å². The highest BCUT2D eigenvalue weighted by Crippen LogP contribution is 2.21. The second-order valence-electron chi connectivity index (χ2n) is 5.72. The highest BCUT2D eigenvalue weighted by molar-refractivity contribution is 5.93. The molecule has 0 radical (unpaired) electrons. The molecular formula is C17H27N3O. The van der Waals surface area contributed by atoms with Gasteiger partial charge in [0, 0.05) is 31.9 Å². The first-order valence-electron chi connectivity index (χ1n) is 7.97. The molecule has 0 spiro atoms. The number of aryl methyl sites for hydroxylation is 2. The number of hydrogen-bond donors (Lipinski definition) is 1. The summed E-state index contributed by atoms with van der Waals surface area (Å²) < 4.78 is 0. The second kappa shape index (κ2) is 7.57. The van der Waals surface area contributed by atoms with E-state index in [0.717, 1.165) is 50.4 Å². The van der Waals surface area contributed by atoms with Gasteiger partial charge in [-0.2, -0.15) is 0 Å². The van der Waals surface area contributed by atoms with Crippen LogP contribution in [0.4, 0.5) is 5.69 Å². The topological polar surface area (TPSA) is 35.6 Å². The van der Waals surface area contributed by atoms with Gasteiger partial charge in [-0.25, -0.2) is 0 Å². The second-order valence-corrected chi connectivity index (χ2v) is 5.72. The highest BCUT2D eigenvalue weighted by Gasteiger charge is 2.18. The van der Waals surface area contributed by atoms with E-state index in [1.807, 2.05) is 6.07 Å². The molecule has 21 heavy (non-hydrogen) atoms. The van der Waals surface area contributed by atoms with Crippen molar-refractivity contribution in [2.75, 3.05) is 44.6 Å². The minimum Gasteiger partial charge on any atom is -0.324 e. The van der Waals surface area contributed by atoms with Crippen LogP contribution in [0.1, 0.15) is 25.0 Å². The summed E-state index contributed by atoms with van der Waals surface area (Å²) in [4.78, 5) is 16.9. The van der Waals surface area contributed by atoms with Crippen LogP contribution in [0.2, 0.25) is 0 Å². The number of likely N-dealkylation sites (N-methyl/N-ethyl adjacent to an activating group) is 1. The van der Waals surface area contributed by atoms with Gasteiger partial charge in [0.05, 0.1) is 6.54 Å². The summed E-state index contributed by atoms with van der Waals surface area (Å²) in [5.41, 5.74) is 3.34. The van der Waals surface area contributed by atoms with E-state index in [-0.39, 0.29) is 5.91 Å². The van der Waals surface area contributed by atoms with E-state index in [0.29, 0.717) is 6.54 Å². The molecule has 1 aromatic carbocycles. The van der Waals surface area contributed by atoms with Crippen molar-refractivity contribution in [2.24, 2.45) is 0 Å². The Morgan fingerprint density at radius 2 is 1.81 bits per heavy atom. The molecule has 0 unspecified atom stereocenters. The normalized spacial score (nSPS) is 16.9. The maximum absolute atomic E-state index is 12.3. The van der Waals surface area contributed by atoms with Crippen LogP contribution in [-0.2, 0) is 11.2 Å². The Kier molecular flexibility index (Phi) is 5.76. The third-order valence-electron chi connectivity index (χ3n) is 4.28. The Labute approximate surface area is 128 Å². The van der Waals surface area contributed by atoms with Crippen LogP contribution in [0.3, 0.4) is 0 Å². The lowest BCUT2D eigenvalue weighted by molar-refractivity contribution is -0.117. The van der Waals surface area contributed by atoms with Crippen molar-refractivity contribution in [3.63, 3.8) is 0 Å². The summed E-state index contributed by atoms with van der Waals surface area (Å²) in [6, 6.07) is 6.19. The Morgan fingerprint density at radius 1 is 1.14 bits per heavy atom. The van der Waals surface area contributed by atoms with Gasteiger partial charge in [-0.3, -0.25) is 9.69 Å². The fourth-order valence-corrected chi connectivity index (χ4v) is 2.85. The molecule has 0 saturated carbocycles. The molecule has 0 bridgehead atoms. The molecule has 1 aliphatic heterocycles. The van der Waals surface area contributed by atoms with Crippen LogP contribution in [-0.4, -0.2) is 55.0 Å². The first-order valence-corrected chi connectivity index (χ1v) is 7.97. The van der Waals surface area contributed by atoms with Crippen molar-refractivity contribution in [3.8, 4) is 0 Å². The van der Waals surface area contributed by atoms with Crippen LogP contribution in [0, 0.1) is 6.92 Å². The van der Waals surface area contributed by atoms with Gasteiger partial charge in [0.15, 0.2) is 0 Å². The molecular weight excluding hydrogens is 262 g/mol. The molecule has 1 N–H and O–H groups in total. The van der Waals surface area contributed by atoms with Gasteiger partial charge in [-0.15, -0.1) is 0 Å². The van der Waals surface area contributed by atoms with Gasteiger partial charge in [-0.05, 0) is 31.0 Å². The van der Waals surface area contributed by atoms with E-state index in [1.54, 1.807) is 0 Å². The van der Waals surface area contributed by atoms with Crippen LogP contribution in [0.15, 0.2) is 18.2 Å². The summed E-state index contributed by atoms with van der Waals surface area (Å²) in [5.74, 6) is 0.101. The molecule has 4 heteroatoms. The van der Waals surface area contributed by atoms with Crippen molar-refractivity contribution in [3.05, 3.63) is 29.3 Å². The molecule has 0 aliphatic carbocycles. The van der Waals surface area contributed by atoms with Crippen molar-refractivity contribution >= 4 is 11.6 Å². The van der Waals surface area contributed by atoms with E-state index in [4.69, 9.17) is 0 Å². The predicted octanol–water partition coefficient (Wildman–Crippen LogP) is 2.13. The molecule has 1 saturated heterocycles. The van der Waals surface area contributed by atoms with Gasteiger partial charge in [-0.1, -0.05) is 32.0 Å². The van der Waals surface area contributed by atoms with E-state index in [9.17, 15) is 4.79 Å². The van der Waals surface area contributed by atoms with Crippen LogP contribution in [0.5, 0.6) is 0 Å². The zero-order valence-electron chi connectivity index (χ0n) is 13.5. The largest absolute Gasteiger partial charge is 0.324 e. The van der Waals surface area contributed by atoms with Crippen molar-refractivity contribution in [1.29, 1.82) is 0 Å². The number of amides is 1. The summed E-state index contributed by atoms with van der Waals surface area (Å²) in [6.07, 6.45) is 0.937. The number of carbonyl (C=O) groups is 1. The molecule has 4 nitrogen and oxygen atoms in total. The Hall–Kier alpha value is -1.39. The molecule has 1 aliphatic rings. The Bertz CT molecular complexity index is 479. The number of nitrogens with one attached hydrogen (secondary N) is 1. The SMILES string of the molecule is CCc1cccc(C)c1NC(=O)CN1CCN(CC)CC1. The number of rotatable bonds is 5. The fraction of sp³-hybridized carbons (Fsp3) is 0.588. The van der Waals surface area contributed by atoms with Gasteiger partial charge < -0.3 is 10.2 Å². The van der Waals surface area contributed by atoms with E-state index in [1.165, 1.54) is 5.56 Å². The van der Waals surface area contributed by atoms with Gasteiger partial charge in [0.25, 0.3) is 0 Å². The number of nitrogens with zero attached hydrogens (tertiary/aromatic N) is 2. The number of anilines is 1. The van der Waals surface area contributed by atoms with E-state index < -0.39 is 0 Å². The van der Waals surface area contributed by atoms with Crippen LogP contribution < -0.4 is 5.32 Å². The first-order chi connectivity index (χ1) is 10.1. The number of benzene rings is 1. The van der Waals surface area contributed by atoms with E-state index in [2.05, 4.69) is 48.0 Å². The third kappa shape index (κ3) is 4.29. The molecule has 2 rings (SSSR count). The standard InChI is InChI=1S/C17H27N3O/c1-4-15-8-6-7-14(3)17(15)18-16(21)13-20-11-9-19(5-2)10-12-20/h6-8H,4-5,9-13H2,1-3H3,(H,18,21). The van der Waals surface area contributed by atoms with Crippen molar-refractivity contribution in [1.82, 2.24) is 9.80 Å². The fourth-order valence-electron chi connectivity index (χ4n) is 2.85. The minimum atomic E-state index is 0.101. The maximum atomic E-state index is 12.3. The van der Waals surface area contributed by atoms with Gasteiger partial charge in [0.2, 0.25) is 5.91 Å². The summed E-state index contributed by atoms with van der Waals surface area (Å²) in [6.45, 7) is 12.0. The average molecular weight is 289 g/mol. The van der Waals surface area contributed by atoms with Gasteiger partial charge >= 0.3 is 0 Å². The average Bonchev–Trinajstić information content (AvgIpc) is 2.50. The molecule has 0 aromatic heterocycles. The summed E-state index contributed by atoms with van der Waals surface area (Å²) in [7, 11) is 0. The summed E-state index contributed by atoms with van der Waals surface area (Å²) in [5, 5.41) is 3.11. The quantitative estimate of drug-likeness (QED) is 0.902. The number of hydrogen-bond acceptors (Lipinski definition) is 3. The first kappa shape index (κ1) is 16.0. The van der Waals surface area contributed by atoms with Crippen LogP contribution in [0.25, 0.3) is 0 Å². The molecule has 0 atom stereocenters. The zero-order chi connectivity index (χ0) is 15.2. The smallest absolute Gasteiger partial charge is 0.238 e. The van der Waals surface area contributed by atoms with Crippen LogP contribution >= 0.6 is 0 Å². The molecule has 1 aromatic rings. The monoisotopic (exact) mass is 289 g/mol. The Morgan fingerprint density at radius 3 is 2.43 bits per heavy atom. The number of para-hydroxylation sites is 1. The lowest BCUT2D eigenvalue weighted by atomic mass is 10.1. The predicted molar refractivity (Wildman–Crippen MR) is 87.7 cm³/mol. The maximum Gasteiger partial charge on any atom is 0.238 e. The van der Waals surface area contributed by atoms with Gasteiger partial charge in [0.1, 0.15) is 0 Å². The summed E-state index contributed by atoms with van der Waals surface area (Å²) >= 11 is 0. The lowest BCUT2D eigenvalue weighted by Crippen LogP contribution is -2.48. The lowest BCUT2D eigenvalue weighted by Gasteiger charge is -2.33. The van der Waals surface area contributed by atoms with Crippen molar-refractivity contribution < 1.29 is 4.79 Å². The molecule has 1 amide bonds. The molecule has 1 fully saturated rings. The van der Waals surface area contributed by atoms with Crippen molar-refractivity contribution in [2.45, 2.75) is 27.2 Å². The molecule has 116 valence electrons. The number of carbonyl (C=O) groups excluding carboxylic acids is 1. The highest BCUT2D eigenvalue weighted by atomic mass is 16.2. The Balaban J connectivity index is 1.91.